The molecule has 22 heavy (non-hydrogen) atoms. The lowest BCUT2D eigenvalue weighted by molar-refractivity contribution is 0.0174. The van der Waals surface area contributed by atoms with E-state index >= 15 is 0 Å². The van der Waals surface area contributed by atoms with E-state index in [9.17, 15) is 4.79 Å². The van der Waals surface area contributed by atoms with Gasteiger partial charge in [-0.25, -0.2) is 4.79 Å². The van der Waals surface area contributed by atoms with Crippen molar-refractivity contribution in [1.29, 1.82) is 0 Å². The molecule has 3 heteroatoms. The number of esters is 1. The number of hydrogen-bond acceptors (Lipinski definition) is 3. The fraction of sp³-hybridized carbons (Fsp3) is 0.632. The first-order valence-corrected chi connectivity index (χ1v) is 8.63. The zero-order chi connectivity index (χ0) is 15.8. The van der Waals surface area contributed by atoms with Crippen LogP contribution in [-0.4, -0.2) is 18.7 Å². The molecular formula is C19H28O3. The monoisotopic (exact) mass is 304 g/mol. The first kappa shape index (κ1) is 16.9. The zero-order valence-corrected chi connectivity index (χ0v) is 13.8. The van der Waals surface area contributed by atoms with E-state index in [0.717, 1.165) is 50.4 Å². The summed E-state index contributed by atoms with van der Waals surface area (Å²) in [5.74, 6) is 1.37. The van der Waals surface area contributed by atoms with Gasteiger partial charge in [0.15, 0.2) is 0 Å². The number of benzene rings is 1. The van der Waals surface area contributed by atoms with E-state index in [2.05, 4.69) is 13.8 Å². The maximum Gasteiger partial charge on any atom is 0.338 e. The quantitative estimate of drug-likeness (QED) is 0.526. The number of carbonyl (C=O) groups is 1. The van der Waals surface area contributed by atoms with Crippen molar-refractivity contribution in [3.05, 3.63) is 29.8 Å². The molecule has 0 unspecified atom stereocenters. The molecule has 1 aliphatic carbocycles. The molecule has 0 amide bonds. The minimum atomic E-state index is -0.211. The zero-order valence-electron chi connectivity index (χ0n) is 13.8. The van der Waals surface area contributed by atoms with Crippen LogP contribution in [0.1, 0.15) is 69.2 Å². The van der Waals surface area contributed by atoms with E-state index < -0.39 is 0 Å². The highest BCUT2D eigenvalue weighted by Gasteiger charge is 2.22. The highest BCUT2D eigenvalue weighted by molar-refractivity contribution is 5.89. The van der Waals surface area contributed by atoms with Gasteiger partial charge in [0, 0.05) is 0 Å². The van der Waals surface area contributed by atoms with E-state index in [1.807, 2.05) is 12.1 Å². The molecular weight excluding hydrogens is 276 g/mol. The van der Waals surface area contributed by atoms with Crippen LogP contribution >= 0.6 is 0 Å². The lowest BCUT2D eigenvalue weighted by Crippen LogP contribution is -2.23. The van der Waals surface area contributed by atoms with E-state index in [0.29, 0.717) is 5.56 Å². The van der Waals surface area contributed by atoms with Crippen molar-refractivity contribution in [2.24, 2.45) is 5.92 Å². The lowest BCUT2D eigenvalue weighted by atomic mass is 9.89. The van der Waals surface area contributed by atoms with Crippen LogP contribution in [0, 0.1) is 5.92 Å². The summed E-state index contributed by atoms with van der Waals surface area (Å²) in [5.41, 5.74) is 0.611. The molecule has 1 saturated carbocycles. The minimum absolute atomic E-state index is 0.0914. The van der Waals surface area contributed by atoms with Crippen molar-refractivity contribution in [1.82, 2.24) is 0 Å². The Kier molecular flexibility index (Phi) is 6.75. The molecule has 0 atom stereocenters. The molecule has 0 saturated heterocycles. The summed E-state index contributed by atoms with van der Waals surface area (Å²) in [6.45, 7) is 5.17. The van der Waals surface area contributed by atoms with Gasteiger partial charge in [-0.1, -0.05) is 26.7 Å². The fourth-order valence-corrected chi connectivity index (χ4v) is 2.80. The first-order chi connectivity index (χ1) is 10.7. The predicted octanol–water partition coefficient (Wildman–Crippen LogP) is 4.99. The van der Waals surface area contributed by atoms with Gasteiger partial charge in [-0.2, -0.15) is 0 Å². The van der Waals surface area contributed by atoms with Crippen LogP contribution in [0.4, 0.5) is 0 Å². The van der Waals surface area contributed by atoms with Gasteiger partial charge in [0.2, 0.25) is 0 Å². The number of ether oxygens (including phenoxy) is 2. The summed E-state index contributed by atoms with van der Waals surface area (Å²) in [6, 6.07) is 7.29. The van der Waals surface area contributed by atoms with Gasteiger partial charge in [-0.05, 0) is 62.3 Å². The van der Waals surface area contributed by atoms with Crippen molar-refractivity contribution in [3.63, 3.8) is 0 Å². The van der Waals surface area contributed by atoms with E-state index in [1.54, 1.807) is 12.1 Å². The second-order valence-corrected chi connectivity index (χ2v) is 6.37. The average molecular weight is 304 g/mol. The third-order valence-electron chi connectivity index (χ3n) is 4.34. The van der Waals surface area contributed by atoms with Crippen LogP contribution in [0.25, 0.3) is 0 Å². The van der Waals surface area contributed by atoms with Gasteiger partial charge in [0.05, 0.1) is 12.2 Å². The number of hydrogen-bond donors (Lipinski definition) is 0. The van der Waals surface area contributed by atoms with Crippen molar-refractivity contribution < 1.29 is 14.3 Å². The lowest BCUT2D eigenvalue weighted by Gasteiger charge is -2.26. The third kappa shape index (κ3) is 5.36. The Balaban J connectivity index is 1.78. The fourth-order valence-electron chi connectivity index (χ4n) is 2.80. The molecule has 0 heterocycles. The minimum Gasteiger partial charge on any atom is -0.494 e. The largest absolute Gasteiger partial charge is 0.494 e. The Labute approximate surface area is 134 Å². The van der Waals surface area contributed by atoms with Gasteiger partial charge < -0.3 is 9.47 Å². The summed E-state index contributed by atoms with van der Waals surface area (Å²) in [5, 5.41) is 0. The van der Waals surface area contributed by atoms with Crippen LogP contribution in [-0.2, 0) is 4.74 Å². The van der Waals surface area contributed by atoms with Gasteiger partial charge in [-0.15, -0.1) is 0 Å². The van der Waals surface area contributed by atoms with Crippen molar-refractivity contribution in [3.8, 4) is 5.75 Å². The smallest absolute Gasteiger partial charge is 0.338 e. The standard InChI is InChI=1S/C19H28O3/c1-3-4-5-14-21-17-12-8-16(9-13-17)19(20)22-18-10-6-15(2)7-11-18/h8-9,12-13,15,18H,3-7,10-11,14H2,1-2H3. The Morgan fingerprint density at radius 2 is 1.77 bits per heavy atom. The Morgan fingerprint density at radius 3 is 2.41 bits per heavy atom. The molecule has 1 aliphatic rings. The molecule has 122 valence electrons. The summed E-state index contributed by atoms with van der Waals surface area (Å²) >= 11 is 0. The summed E-state index contributed by atoms with van der Waals surface area (Å²) in [4.78, 5) is 12.1. The number of carbonyl (C=O) groups excluding carboxylic acids is 1. The molecule has 1 fully saturated rings. The van der Waals surface area contributed by atoms with E-state index in [1.165, 1.54) is 12.8 Å². The summed E-state index contributed by atoms with van der Waals surface area (Å²) in [7, 11) is 0. The van der Waals surface area contributed by atoms with Crippen LogP contribution in [0.2, 0.25) is 0 Å². The van der Waals surface area contributed by atoms with Crippen molar-refractivity contribution in [2.75, 3.05) is 6.61 Å². The maximum atomic E-state index is 12.1. The van der Waals surface area contributed by atoms with Gasteiger partial charge in [0.1, 0.15) is 11.9 Å². The molecule has 0 aromatic heterocycles. The molecule has 0 spiro atoms. The Morgan fingerprint density at radius 1 is 1.09 bits per heavy atom. The molecule has 0 N–H and O–H groups in total. The second kappa shape index (κ2) is 8.82. The molecule has 3 nitrogen and oxygen atoms in total. The van der Waals surface area contributed by atoms with E-state index in [-0.39, 0.29) is 12.1 Å². The molecule has 1 aromatic rings. The molecule has 0 bridgehead atoms. The van der Waals surface area contributed by atoms with Gasteiger partial charge in [-0.3, -0.25) is 0 Å². The van der Waals surface area contributed by atoms with Crippen LogP contribution in [0.5, 0.6) is 5.75 Å². The second-order valence-electron chi connectivity index (χ2n) is 6.37. The summed E-state index contributed by atoms with van der Waals surface area (Å²) in [6.07, 6.45) is 7.83. The Bertz CT molecular complexity index is 444. The predicted molar refractivity (Wildman–Crippen MR) is 88.3 cm³/mol. The average Bonchev–Trinajstić information content (AvgIpc) is 2.54. The van der Waals surface area contributed by atoms with Gasteiger partial charge in [0.25, 0.3) is 0 Å². The Hall–Kier alpha value is -1.51. The topological polar surface area (TPSA) is 35.5 Å². The highest BCUT2D eigenvalue weighted by Crippen LogP contribution is 2.26. The summed E-state index contributed by atoms with van der Waals surface area (Å²) < 4.78 is 11.3. The van der Waals surface area contributed by atoms with Crippen LogP contribution in [0.15, 0.2) is 24.3 Å². The van der Waals surface area contributed by atoms with Crippen molar-refractivity contribution in [2.45, 2.75) is 64.9 Å². The molecule has 0 aliphatic heterocycles. The maximum absolute atomic E-state index is 12.1. The molecule has 0 radical (unpaired) electrons. The van der Waals surface area contributed by atoms with Crippen molar-refractivity contribution >= 4 is 5.97 Å². The third-order valence-corrected chi connectivity index (χ3v) is 4.34. The normalized spacial score (nSPS) is 21.4. The van der Waals surface area contributed by atoms with E-state index in [4.69, 9.17) is 9.47 Å². The number of unbranched alkanes of at least 4 members (excludes halogenated alkanes) is 2. The van der Waals surface area contributed by atoms with Gasteiger partial charge >= 0.3 is 5.97 Å². The molecule has 2 rings (SSSR count). The highest BCUT2D eigenvalue weighted by atomic mass is 16.5. The van der Waals surface area contributed by atoms with Crippen LogP contribution in [0.3, 0.4) is 0 Å². The van der Waals surface area contributed by atoms with Crippen LogP contribution < -0.4 is 4.74 Å². The first-order valence-electron chi connectivity index (χ1n) is 8.63. The molecule has 1 aromatic carbocycles. The SMILES string of the molecule is CCCCCOc1ccc(C(=O)OC2CCC(C)CC2)cc1. The number of rotatable bonds is 7.